The molecule has 0 spiro atoms. The maximum atomic E-state index is 11.9. The number of hydrogen-bond donors (Lipinski definition) is 3. The largest absolute Gasteiger partial charge is 0.357 e. The zero-order chi connectivity index (χ0) is 18.7. The third kappa shape index (κ3) is 8.57. The molecule has 0 heterocycles. The summed E-state index contributed by atoms with van der Waals surface area (Å²) in [5.74, 6) is 1.49. The molecular weight excluding hydrogens is 312 g/mol. The quantitative estimate of drug-likeness (QED) is 0.475. The van der Waals surface area contributed by atoms with Crippen molar-refractivity contribution in [3.05, 3.63) is 35.4 Å². The van der Waals surface area contributed by atoms with Gasteiger partial charge in [-0.15, -0.1) is 0 Å². The van der Waals surface area contributed by atoms with E-state index in [0.717, 1.165) is 24.5 Å². The van der Waals surface area contributed by atoms with Gasteiger partial charge in [0.2, 0.25) is 0 Å². The summed E-state index contributed by atoms with van der Waals surface area (Å²) in [4.78, 5) is 16.6. The zero-order valence-electron chi connectivity index (χ0n) is 16.4. The Morgan fingerprint density at radius 3 is 2.44 bits per heavy atom. The van der Waals surface area contributed by atoms with Crippen molar-refractivity contribution in [2.24, 2.45) is 10.9 Å². The first-order valence-electron chi connectivity index (χ1n) is 9.38. The molecule has 3 N–H and O–H groups in total. The summed E-state index contributed by atoms with van der Waals surface area (Å²) in [7, 11) is 0. The molecule has 0 aromatic heterocycles. The van der Waals surface area contributed by atoms with Crippen LogP contribution >= 0.6 is 0 Å². The average Bonchev–Trinajstić information content (AvgIpc) is 2.58. The summed E-state index contributed by atoms with van der Waals surface area (Å²) in [5.41, 5.74) is 1.70. The molecule has 0 saturated carbocycles. The lowest BCUT2D eigenvalue weighted by atomic mass is 10.0. The number of guanidine groups is 1. The van der Waals surface area contributed by atoms with Crippen LogP contribution in [0.2, 0.25) is 0 Å². The first kappa shape index (κ1) is 21.0. The topological polar surface area (TPSA) is 65.5 Å². The Labute approximate surface area is 152 Å². The molecule has 5 nitrogen and oxygen atoms in total. The number of carbonyl (C=O) groups is 1. The molecule has 0 aliphatic carbocycles. The highest BCUT2D eigenvalue weighted by molar-refractivity contribution is 5.94. The fourth-order valence-corrected chi connectivity index (χ4v) is 2.45. The molecular formula is C20H34N4O. The van der Waals surface area contributed by atoms with E-state index in [-0.39, 0.29) is 5.91 Å². The Kier molecular flexibility index (Phi) is 9.66. The molecule has 0 bridgehead atoms. The molecule has 0 aliphatic heterocycles. The van der Waals surface area contributed by atoms with Gasteiger partial charge in [0.05, 0.1) is 6.54 Å². The molecule has 1 amide bonds. The summed E-state index contributed by atoms with van der Waals surface area (Å²) in [6, 6.07) is 8.01. The van der Waals surface area contributed by atoms with E-state index < -0.39 is 0 Å². The molecule has 0 fully saturated rings. The molecule has 1 aromatic carbocycles. The van der Waals surface area contributed by atoms with Crippen molar-refractivity contribution in [2.75, 3.05) is 13.1 Å². The smallest absolute Gasteiger partial charge is 0.251 e. The van der Waals surface area contributed by atoms with Crippen LogP contribution in [0.15, 0.2) is 29.3 Å². The maximum Gasteiger partial charge on any atom is 0.251 e. The summed E-state index contributed by atoms with van der Waals surface area (Å²) in [6.45, 7) is 12.6. The van der Waals surface area contributed by atoms with Gasteiger partial charge in [-0.25, -0.2) is 4.99 Å². The molecule has 1 rings (SSSR count). The van der Waals surface area contributed by atoms with Crippen LogP contribution in [-0.2, 0) is 6.54 Å². The van der Waals surface area contributed by atoms with Crippen LogP contribution < -0.4 is 16.0 Å². The van der Waals surface area contributed by atoms with E-state index in [1.807, 2.05) is 31.2 Å². The maximum absolute atomic E-state index is 11.9. The number of carbonyl (C=O) groups excluding carboxylic acids is 1. The van der Waals surface area contributed by atoms with Gasteiger partial charge < -0.3 is 16.0 Å². The third-order valence-electron chi connectivity index (χ3n) is 3.85. The highest BCUT2D eigenvalue weighted by Gasteiger charge is 2.07. The molecule has 0 saturated heterocycles. The van der Waals surface area contributed by atoms with Gasteiger partial charge in [-0.05, 0) is 57.2 Å². The SMILES string of the molecule is CCNC(=O)c1cccc(CN=C(NCC)NC(C)CCC(C)C)c1. The van der Waals surface area contributed by atoms with E-state index in [4.69, 9.17) is 0 Å². The van der Waals surface area contributed by atoms with E-state index in [2.05, 4.69) is 48.6 Å². The minimum atomic E-state index is -0.0410. The first-order valence-corrected chi connectivity index (χ1v) is 9.38. The second-order valence-corrected chi connectivity index (χ2v) is 6.77. The fraction of sp³-hybridized carbons (Fsp3) is 0.600. The predicted molar refractivity (Wildman–Crippen MR) is 106 cm³/mol. The van der Waals surface area contributed by atoms with E-state index in [0.29, 0.717) is 30.6 Å². The Bertz CT molecular complexity index is 554. The highest BCUT2D eigenvalue weighted by Crippen LogP contribution is 2.08. The van der Waals surface area contributed by atoms with Gasteiger partial charge in [0.1, 0.15) is 0 Å². The van der Waals surface area contributed by atoms with Crippen molar-refractivity contribution in [1.82, 2.24) is 16.0 Å². The van der Waals surface area contributed by atoms with Gasteiger partial charge in [0.15, 0.2) is 5.96 Å². The minimum Gasteiger partial charge on any atom is -0.357 e. The van der Waals surface area contributed by atoms with E-state index in [1.165, 1.54) is 6.42 Å². The van der Waals surface area contributed by atoms with Gasteiger partial charge in [-0.3, -0.25) is 4.79 Å². The van der Waals surface area contributed by atoms with Crippen molar-refractivity contribution in [1.29, 1.82) is 0 Å². The normalized spacial score (nSPS) is 12.8. The summed E-state index contributed by atoms with van der Waals surface area (Å²) < 4.78 is 0. The van der Waals surface area contributed by atoms with Crippen LogP contribution in [0, 0.1) is 5.92 Å². The van der Waals surface area contributed by atoms with Crippen LogP contribution in [0.4, 0.5) is 0 Å². The number of rotatable bonds is 9. The van der Waals surface area contributed by atoms with Crippen LogP contribution in [-0.4, -0.2) is 31.0 Å². The monoisotopic (exact) mass is 346 g/mol. The molecule has 1 unspecified atom stereocenters. The van der Waals surface area contributed by atoms with Crippen LogP contribution in [0.3, 0.4) is 0 Å². The van der Waals surface area contributed by atoms with Gasteiger partial charge in [0, 0.05) is 24.7 Å². The van der Waals surface area contributed by atoms with Crippen molar-refractivity contribution in [3.63, 3.8) is 0 Å². The van der Waals surface area contributed by atoms with Gasteiger partial charge >= 0.3 is 0 Å². The predicted octanol–water partition coefficient (Wildman–Crippen LogP) is 3.32. The first-order chi connectivity index (χ1) is 12.0. The Morgan fingerprint density at radius 2 is 1.80 bits per heavy atom. The lowest BCUT2D eigenvalue weighted by Gasteiger charge is -2.18. The van der Waals surface area contributed by atoms with Gasteiger partial charge in [-0.1, -0.05) is 26.0 Å². The Balaban J connectivity index is 2.70. The van der Waals surface area contributed by atoms with Gasteiger partial charge in [0.25, 0.3) is 5.91 Å². The molecule has 0 aliphatic rings. The number of benzene rings is 1. The van der Waals surface area contributed by atoms with E-state index >= 15 is 0 Å². The Morgan fingerprint density at radius 1 is 1.08 bits per heavy atom. The number of amides is 1. The molecule has 25 heavy (non-hydrogen) atoms. The molecule has 5 heteroatoms. The van der Waals surface area contributed by atoms with Crippen molar-refractivity contribution >= 4 is 11.9 Å². The average molecular weight is 347 g/mol. The zero-order valence-corrected chi connectivity index (χ0v) is 16.4. The molecule has 1 aromatic rings. The summed E-state index contributed by atoms with van der Waals surface area (Å²) in [6.07, 6.45) is 2.32. The van der Waals surface area contributed by atoms with Crippen molar-refractivity contribution in [2.45, 2.75) is 60.0 Å². The molecule has 1 atom stereocenters. The van der Waals surface area contributed by atoms with Crippen molar-refractivity contribution < 1.29 is 4.79 Å². The third-order valence-corrected chi connectivity index (χ3v) is 3.85. The minimum absolute atomic E-state index is 0.0410. The molecule has 0 radical (unpaired) electrons. The van der Waals surface area contributed by atoms with E-state index in [9.17, 15) is 4.79 Å². The van der Waals surface area contributed by atoms with Crippen LogP contribution in [0.5, 0.6) is 0 Å². The second kappa shape index (κ2) is 11.5. The number of nitrogens with zero attached hydrogens (tertiary/aromatic N) is 1. The van der Waals surface area contributed by atoms with E-state index in [1.54, 1.807) is 0 Å². The summed E-state index contributed by atoms with van der Waals surface area (Å²) >= 11 is 0. The number of hydrogen-bond acceptors (Lipinski definition) is 2. The van der Waals surface area contributed by atoms with Crippen molar-refractivity contribution in [3.8, 4) is 0 Å². The number of aliphatic imine (C=N–C) groups is 1. The standard InChI is InChI=1S/C20H34N4O/c1-6-21-19(25)18-10-8-9-17(13-18)14-23-20(22-7-2)24-16(5)12-11-15(3)4/h8-10,13,15-16H,6-7,11-12,14H2,1-5H3,(H,21,25)(H2,22,23,24). The Hall–Kier alpha value is -2.04. The van der Waals surface area contributed by atoms with Crippen LogP contribution in [0.1, 0.15) is 63.4 Å². The molecule has 140 valence electrons. The lowest BCUT2D eigenvalue weighted by molar-refractivity contribution is 0.0955. The highest BCUT2D eigenvalue weighted by atomic mass is 16.1. The lowest BCUT2D eigenvalue weighted by Crippen LogP contribution is -2.42. The number of nitrogens with one attached hydrogen (secondary N) is 3. The fourth-order valence-electron chi connectivity index (χ4n) is 2.45. The van der Waals surface area contributed by atoms with Gasteiger partial charge in [-0.2, -0.15) is 0 Å². The van der Waals surface area contributed by atoms with Crippen LogP contribution in [0.25, 0.3) is 0 Å². The second-order valence-electron chi connectivity index (χ2n) is 6.77. The summed E-state index contributed by atoms with van der Waals surface area (Å²) in [5, 5.41) is 9.57.